The summed E-state index contributed by atoms with van der Waals surface area (Å²) in [6.45, 7) is 0.175. The van der Waals surface area contributed by atoms with Crippen LogP contribution in [0, 0.1) is 5.92 Å². The summed E-state index contributed by atoms with van der Waals surface area (Å²) in [5, 5.41) is 21.3. The summed E-state index contributed by atoms with van der Waals surface area (Å²) >= 11 is 0. The van der Waals surface area contributed by atoms with Crippen LogP contribution in [0.25, 0.3) is 0 Å². The third-order valence-corrected chi connectivity index (χ3v) is 3.22. The quantitative estimate of drug-likeness (QED) is 0.735. The first-order chi connectivity index (χ1) is 8.20. The number of nitrogens with zero attached hydrogens (tertiary/aromatic N) is 1. The lowest BCUT2D eigenvalue weighted by Crippen LogP contribution is -2.26. The number of carbonyl (C=O) groups is 1. The minimum atomic E-state index is -1.03. The molecule has 0 radical (unpaired) electrons. The molecule has 1 aliphatic rings. The van der Waals surface area contributed by atoms with E-state index in [0.717, 1.165) is 24.9 Å². The summed E-state index contributed by atoms with van der Waals surface area (Å²) in [5.41, 5.74) is 0.788. The van der Waals surface area contributed by atoms with Crippen LogP contribution < -0.4 is 5.32 Å². The minimum Gasteiger partial charge on any atom is -0.477 e. The zero-order valence-corrected chi connectivity index (χ0v) is 9.47. The second kappa shape index (κ2) is 5.14. The minimum absolute atomic E-state index is 0.0357. The van der Waals surface area contributed by atoms with Crippen LogP contribution in [0.3, 0.4) is 0 Å². The van der Waals surface area contributed by atoms with Crippen molar-refractivity contribution in [2.45, 2.75) is 25.3 Å². The molecule has 0 amide bonds. The van der Waals surface area contributed by atoms with Gasteiger partial charge in [0, 0.05) is 30.5 Å². The number of anilines is 1. The number of aliphatic hydroxyl groups is 1. The van der Waals surface area contributed by atoms with Crippen molar-refractivity contribution in [1.82, 2.24) is 4.98 Å². The number of hydrogen-bond acceptors (Lipinski definition) is 4. The van der Waals surface area contributed by atoms with Gasteiger partial charge in [0.2, 0.25) is 0 Å². The molecule has 1 aliphatic carbocycles. The van der Waals surface area contributed by atoms with Crippen molar-refractivity contribution >= 4 is 11.7 Å². The van der Waals surface area contributed by atoms with E-state index in [4.69, 9.17) is 5.11 Å². The van der Waals surface area contributed by atoms with Gasteiger partial charge in [0.25, 0.3) is 0 Å². The predicted octanol–water partition coefficient (Wildman–Crippen LogP) is 1.35. The van der Waals surface area contributed by atoms with E-state index in [1.807, 2.05) is 0 Å². The molecule has 1 aromatic rings. The van der Waals surface area contributed by atoms with Crippen LogP contribution in [-0.2, 0) is 0 Å². The molecule has 0 spiro atoms. The Kier molecular flexibility index (Phi) is 3.58. The fourth-order valence-electron chi connectivity index (χ4n) is 2.30. The van der Waals surface area contributed by atoms with Crippen molar-refractivity contribution in [3.05, 3.63) is 24.0 Å². The predicted molar refractivity (Wildman–Crippen MR) is 63.0 cm³/mol. The van der Waals surface area contributed by atoms with E-state index in [-0.39, 0.29) is 24.3 Å². The van der Waals surface area contributed by atoms with E-state index < -0.39 is 5.97 Å². The van der Waals surface area contributed by atoms with Gasteiger partial charge in [0.1, 0.15) is 5.69 Å². The summed E-state index contributed by atoms with van der Waals surface area (Å²) in [5.74, 6) is -0.768. The van der Waals surface area contributed by atoms with Gasteiger partial charge in [-0.05, 0) is 25.0 Å². The summed E-state index contributed by atoms with van der Waals surface area (Å²) in [6, 6.07) is 3.50. The van der Waals surface area contributed by atoms with Crippen LogP contribution in [0.5, 0.6) is 0 Å². The van der Waals surface area contributed by atoms with Crippen molar-refractivity contribution in [1.29, 1.82) is 0 Å². The molecule has 2 unspecified atom stereocenters. The van der Waals surface area contributed by atoms with Crippen molar-refractivity contribution in [3.63, 3.8) is 0 Å². The van der Waals surface area contributed by atoms with Gasteiger partial charge in [0.15, 0.2) is 0 Å². The van der Waals surface area contributed by atoms with Gasteiger partial charge in [-0.1, -0.05) is 6.42 Å². The maximum absolute atomic E-state index is 10.8. The van der Waals surface area contributed by atoms with E-state index >= 15 is 0 Å². The van der Waals surface area contributed by atoms with Gasteiger partial charge in [0.05, 0.1) is 0 Å². The monoisotopic (exact) mass is 236 g/mol. The highest BCUT2D eigenvalue weighted by Gasteiger charge is 2.26. The van der Waals surface area contributed by atoms with Gasteiger partial charge in [-0.15, -0.1) is 0 Å². The second-order valence-electron chi connectivity index (χ2n) is 4.36. The van der Waals surface area contributed by atoms with E-state index in [2.05, 4.69) is 10.3 Å². The molecule has 2 rings (SSSR count). The lowest BCUT2D eigenvalue weighted by atomic mass is 10.0. The summed E-state index contributed by atoms with van der Waals surface area (Å²) in [4.78, 5) is 14.5. The number of rotatable bonds is 4. The number of aliphatic hydroxyl groups excluding tert-OH is 1. The first-order valence-electron chi connectivity index (χ1n) is 5.77. The average molecular weight is 236 g/mol. The topological polar surface area (TPSA) is 82.5 Å². The zero-order valence-electron chi connectivity index (χ0n) is 9.47. The van der Waals surface area contributed by atoms with Gasteiger partial charge < -0.3 is 15.5 Å². The molecule has 0 aromatic carbocycles. The summed E-state index contributed by atoms with van der Waals surface area (Å²) in [7, 11) is 0. The van der Waals surface area contributed by atoms with Crippen LogP contribution in [0.1, 0.15) is 29.8 Å². The SMILES string of the molecule is O=C(O)c1cc(NC2CCCC2CO)ccn1. The van der Waals surface area contributed by atoms with Gasteiger partial charge in [-0.25, -0.2) is 9.78 Å². The molecule has 2 atom stereocenters. The Morgan fingerprint density at radius 2 is 2.35 bits per heavy atom. The molecule has 0 aliphatic heterocycles. The largest absolute Gasteiger partial charge is 0.477 e. The van der Waals surface area contributed by atoms with Crippen LogP contribution in [-0.4, -0.2) is 33.8 Å². The number of aromatic nitrogens is 1. The van der Waals surface area contributed by atoms with Crippen LogP contribution in [0.15, 0.2) is 18.3 Å². The van der Waals surface area contributed by atoms with Crippen molar-refractivity contribution in [2.24, 2.45) is 5.92 Å². The highest BCUT2D eigenvalue weighted by atomic mass is 16.4. The number of aromatic carboxylic acids is 1. The molecular weight excluding hydrogens is 220 g/mol. The first-order valence-corrected chi connectivity index (χ1v) is 5.77. The van der Waals surface area contributed by atoms with E-state index in [1.54, 1.807) is 6.07 Å². The zero-order chi connectivity index (χ0) is 12.3. The molecule has 0 saturated heterocycles. The smallest absolute Gasteiger partial charge is 0.354 e. The maximum atomic E-state index is 10.8. The second-order valence-corrected chi connectivity index (χ2v) is 4.36. The Morgan fingerprint density at radius 3 is 3.06 bits per heavy atom. The average Bonchev–Trinajstić information content (AvgIpc) is 2.76. The summed E-state index contributed by atoms with van der Waals surface area (Å²) in [6.07, 6.45) is 4.61. The fraction of sp³-hybridized carbons (Fsp3) is 0.500. The standard InChI is InChI=1S/C12H16N2O3/c15-7-8-2-1-3-10(8)14-9-4-5-13-11(6-9)12(16)17/h4-6,8,10,15H,1-3,7H2,(H,13,14)(H,16,17). The third kappa shape index (κ3) is 2.74. The Hall–Kier alpha value is -1.62. The number of carboxylic acids is 1. The summed E-state index contributed by atoms with van der Waals surface area (Å²) < 4.78 is 0. The lowest BCUT2D eigenvalue weighted by molar-refractivity contribution is 0.0690. The first kappa shape index (κ1) is 11.9. The fourth-order valence-corrected chi connectivity index (χ4v) is 2.30. The van der Waals surface area contributed by atoms with Crippen LogP contribution >= 0.6 is 0 Å². The van der Waals surface area contributed by atoms with E-state index in [1.165, 1.54) is 12.3 Å². The Morgan fingerprint density at radius 1 is 1.53 bits per heavy atom. The molecule has 3 N–H and O–H groups in total. The van der Waals surface area contributed by atoms with E-state index in [9.17, 15) is 9.90 Å². The Bertz CT molecular complexity index is 408. The highest BCUT2D eigenvalue weighted by molar-refractivity contribution is 5.86. The number of hydrogen-bond donors (Lipinski definition) is 3. The molecule has 1 aromatic heterocycles. The normalized spacial score (nSPS) is 23.6. The number of nitrogens with one attached hydrogen (secondary N) is 1. The molecule has 1 heterocycles. The molecule has 5 nitrogen and oxygen atoms in total. The van der Waals surface area contributed by atoms with Gasteiger partial charge >= 0.3 is 5.97 Å². The Balaban J connectivity index is 2.07. The van der Waals surface area contributed by atoms with Crippen molar-refractivity contribution in [2.75, 3.05) is 11.9 Å². The van der Waals surface area contributed by atoms with Crippen molar-refractivity contribution in [3.8, 4) is 0 Å². The molecule has 0 bridgehead atoms. The van der Waals surface area contributed by atoms with Gasteiger partial charge in [-0.2, -0.15) is 0 Å². The molecule has 1 fully saturated rings. The maximum Gasteiger partial charge on any atom is 0.354 e. The Labute approximate surface area is 99.5 Å². The number of pyridine rings is 1. The van der Waals surface area contributed by atoms with Crippen LogP contribution in [0.2, 0.25) is 0 Å². The molecule has 92 valence electrons. The van der Waals surface area contributed by atoms with Gasteiger partial charge in [-0.3, -0.25) is 0 Å². The highest BCUT2D eigenvalue weighted by Crippen LogP contribution is 2.28. The molecule has 17 heavy (non-hydrogen) atoms. The van der Waals surface area contributed by atoms with Crippen LogP contribution in [0.4, 0.5) is 5.69 Å². The number of carboxylic acid groups (broad SMARTS) is 1. The lowest BCUT2D eigenvalue weighted by Gasteiger charge is -2.20. The molecule has 5 heteroatoms. The molecular formula is C12H16N2O3. The van der Waals surface area contributed by atoms with Crippen molar-refractivity contribution < 1.29 is 15.0 Å². The molecule has 1 saturated carbocycles. The third-order valence-electron chi connectivity index (χ3n) is 3.22. The van der Waals surface area contributed by atoms with E-state index in [0.29, 0.717) is 0 Å².